The third-order valence-electron chi connectivity index (χ3n) is 6.64. The summed E-state index contributed by atoms with van der Waals surface area (Å²) in [5, 5.41) is 7.57. The van der Waals surface area contributed by atoms with Crippen molar-refractivity contribution in [1.29, 1.82) is 0 Å². The molecule has 7 nitrogen and oxygen atoms in total. The van der Waals surface area contributed by atoms with Gasteiger partial charge in [0.2, 0.25) is 0 Å². The molecule has 0 radical (unpaired) electrons. The number of carbonyl (C=O) groups is 1. The minimum Gasteiger partial charge on any atom is -0.486 e. The van der Waals surface area contributed by atoms with E-state index in [1.165, 1.54) is 18.4 Å². The van der Waals surface area contributed by atoms with Gasteiger partial charge >= 0.3 is 0 Å². The highest BCUT2D eigenvalue weighted by atomic mass is 16.5. The van der Waals surface area contributed by atoms with E-state index in [9.17, 15) is 4.79 Å². The SMILES string of the molecule is O=C(NCCC1CCN(Cc2ccccc2)CC1)c1cc2n(n1)C[C@@H](Oc1cccnc1)C2. The fraction of sp³-hybridized carbons (Fsp3) is 0.423. The number of nitrogens with zero attached hydrogens (tertiary/aromatic N) is 4. The van der Waals surface area contributed by atoms with Crippen molar-refractivity contribution in [3.05, 3.63) is 77.9 Å². The molecule has 1 N–H and O–H groups in total. The Bertz CT molecular complexity index is 1020. The van der Waals surface area contributed by atoms with Crippen LogP contribution in [0.25, 0.3) is 0 Å². The number of ether oxygens (including phenoxy) is 1. The number of amides is 1. The van der Waals surface area contributed by atoms with Gasteiger partial charge in [-0.2, -0.15) is 5.10 Å². The second-order valence-electron chi connectivity index (χ2n) is 9.09. The quantitative estimate of drug-likeness (QED) is 0.576. The van der Waals surface area contributed by atoms with Crippen molar-refractivity contribution in [2.24, 2.45) is 5.92 Å². The van der Waals surface area contributed by atoms with Crippen LogP contribution in [0.1, 0.15) is 41.0 Å². The number of likely N-dealkylation sites (tertiary alicyclic amines) is 1. The third kappa shape index (κ3) is 5.60. The summed E-state index contributed by atoms with van der Waals surface area (Å²) in [7, 11) is 0. The molecule has 0 bridgehead atoms. The average Bonchev–Trinajstić information content (AvgIpc) is 3.40. The number of fused-ring (bicyclic) bond motifs is 1. The summed E-state index contributed by atoms with van der Waals surface area (Å²) in [6, 6.07) is 16.3. The van der Waals surface area contributed by atoms with Gasteiger partial charge in [-0.05, 0) is 62.0 Å². The van der Waals surface area contributed by atoms with Crippen LogP contribution < -0.4 is 10.1 Å². The van der Waals surface area contributed by atoms with Gasteiger partial charge in [-0.25, -0.2) is 0 Å². The summed E-state index contributed by atoms with van der Waals surface area (Å²) in [6.07, 6.45) is 7.64. The zero-order valence-corrected chi connectivity index (χ0v) is 18.9. The molecule has 0 spiro atoms. The van der Waals surface area contributed by atoms with Crippen LogP contribution >= 0.6 is 0 Å². The van der Waals surface area contributed by atoms with Gasteiger partial charge in [0.05, 0.1) is 12.7 Å². The van der Waals surface area contributed by atoms with Crippen molar-refractivity contribution >= 4 is 5.91 Å². The molecular formula is C26H31N5O2. The van der Waals surface area contributed by atoms with E-state index in [2.05, 4.69) is 50.6 Å². The maximum absolute atomic E-state index is 12.6. The summed E-state index contributed by atoms with van der Waals surface area (Å²) in [5.74, 6) is 1.36. The molecule has 0 unspecified atom stereocenters. The fourth-order valence-corrected chi connectivity index (χ4v) is 4.82. The van der Waals surface area contributed by atoms with Crippen molar-refractivity contribution < 1.29 is 9.53 Å². The van der Waals surface area contributed by atoms with E-state index >= 15 is 0 Å². The Hall–Kier alpha value is -3.19. The Morgan fingerprint density at radius 1 is 1.12 bits per heavy atom. The minimum atomic E-state index is -0.0804. The van der Waals surface area contributed by atoms with Gasteiger partial charge in [-0.15, -0.1) is 0 Å². The fourth-order valence-electron chi connectivity index (χ4n) is 4.82. The Balaban J connectivity index is 1.02. The van der Waals surface area contributed by atoms with E-state index < -0.39 is 0 Å². The lowest BCUT2D eigenvalue weighted by Crippen LogP contribution is -2.35. The molecule has 2 aliphatic rings. The number of rotatable bonds is 8. The first-order valence-electron chi connectivity index (χ1n) is 11.9. The zero-order valence-electron chi connectivity index (χ0n) is 18.9. The molecule has 0 aliphatic carbocycles. The zero-order chi connectivity index (χ0) is 22.5. The van der Waals surface area contributed by atoms with Crippen molar-refractivity contribution in [3.63, 3.8) is 0 Å². The van der Waals surface area contributed by atoms with E-state index in [1.807, 2.05) is 22.9 Å². The lowest BCUT2D eigenvalue weighted by atomic mass is 9.93. The van der Waals surface area contributed by atoms with Crippen LogP contribution in [0.3, 0.4) is 0 Å². The molecule has 33 heavy (non-hydrogen) atoms. The monoisotopic (exact) mass is 445 g/mol. The highest BCUT2D eigenvalue weighted by Gasteiger charge is 2.27. The number of nitrogens with one attached hydrogen (secondary N) is 1. The average molecular weight is 446 g/mol. The second-order valence-corrected chi connectivity index (χ2v) is 9.09. The summed E-state index contributed by atoms with van der Waals surface area (Å²) < 4.78 is 7.85. The predicted octanol–water partition coefficient (Wildman–Crippen LogP) is 3.31. The van der Waals surface area contributed by atoms with Gasteiger partial charge in [0.25, 0.3) is 5.91 Å². The molecule has 0 saturated carbocycles. The molecule has 1 aromatic carbocycles. The van der Waals surface area contributed by atoms with Crippen LogP contribution in [0, 0.1) is 5.92 Å². The van der Waals surface area contributed by atoms with Crippen LogP contribution in [0.2, 0.25) is 0 Å². The molecule has 7 heteroatoms. The normalized spacial score (nSPS) is 18.7. The summed E-state index contributed by atoms with van der Waals surface area (Å²) in [4.78, 5) is 19.2. The predicted molar refractivity (Wildman–Crippen MR) is 126 cm³/mol. The molecule has 2 aromatic heterocycles. The molecular weight excluding hydrogens is 414 g/mol. The lowest BCUT2D eigenvalue weighted by molar-refractivity contribution is 0.0941. The number of hydrogen-bond acceptors (Lipinski definition) is 5. The molecule has 5 rings (SSSR count). The minimum absolute atomic E-state index is 0.0292. The molecule has 1 amide bonds. The van der Waals surface area contributed by atoms with Crippen molar-refractivity contribution in [1.82, 2.24) is 25.0 Å². The molecule has 4 heterocycles. The first-order chi connectivity index (χ1) is 16.2. The van der Waals surface area contributed by atoms with Crippen LogP contribution in [-0.2, 0) is 19.5 Å². The Morgan fingerprint density at radius 3 is 2.73 bits per heavy atom. The van der Waals surface area contributed by atoms with E-state index in [4.69, 9.17) is 4.74 Å². The second kappa shape index (κ2) is 10.2. The lowest BCUT2D eigenvalue weighted by Gasteiger charge is -2.32. The highest BCUT2D eigenvalue weighted by molar-refractivity contribution is 5.92. The van der Waals surface area contributed by atoms with Gasteiger partial charge in [0, 0.05) is 31.4 Å². The first-order valence-corrected chi connectivity index (χ1v) is 11.9. The van der Waals surface area contributed by atoms with E-state index in [-0.39, 0.29) is 12.0 Å². The molecule has 1 fully saturated rings. The maximum atomic E-state index is 12.6. The number of pyridine rings is 1. The summed E-state index contributed by atoms with van der Waals surface area (Å²) in [6.45, 7) is 4.65. The highest BCUT2D eigenvalue weighted by Crippen LogP contribution is 2.23. The van der Waals surface area contributed by atoms with Crippen LogP contribution in [-0.4, -0.2) is 51.3 Å². The van der Waals surface area contributed by atoms with Crippen molar-refractivity contribution in [2.45, 2.75) is 44.9 Å². The standard InChI is InChI=1S/C26H31N5O2/c32-26(25-16-22-15-24(19-31(22)29-25)33-23-7-4-11-27-17-23)28-12-8-20-9-13-30(14-10-20)18-21-5-2-1-3-6-21/h1-7,11,16-17,20,24H,8-10,12-15,18-19H2,(H,28,32)/t24-/m0/s1. The number of benzene rings is 1. The summed E-state index contributed by atoms with van der Waals surface area (Å²) >= 11 is 0. The van der Waals surface area contributed by atoms with Crippen LogP contribution in [0.5, 0.6) is 5.75 Å². The smallest absolute Gasteiger partial charge is 0.271 e. The van der Waals surface area contributed by atoms with E-state index in [1.54, 1.807) is 12.4 Å². The first kappa shape index (κ1) is 21.6. The van der Waals surface area contributed by atoms with Gasteiger partial charge in [0.15, 0.2) is 0 Å². The molecule has 1 saturated heterocycles. The van der Waals surface area contributed by atoms with Crippen molar-refractivity contribution in [3.8, 4) is 5.75 Å². The van der Waals surface area contributed by atoms with E-state index in [0.717, 1.165) is 43.9 Å². The van der Waals surface area contributed by atoms with Crippen LogP contribution in [0.15, 0.2) is 60.9 Å². The number of aromatic nitrogens is 3. The Labute approximate surface area is 194 Å². The number of carbonyl (C=O) groups excluding carboxylic acids is 1. The maximum Gasteiger partial charge on any atom is 0.271 e. The molecule has 1 atom stereocenters. The van der Waals surface area contributed by atoms with Gasteiger partial charge in [0.1, 0.15) is 17.5 Å². The van der Waals surface area contributed by atoms with E-state index in [0.29, 0.717) is 24.7 Å². The number of hydrogen-bond donors (Lipinski definition) is 1. The number of piperidine rings is 1. The van der Waals surface area contributed by atoms with Crippen LogP contribution in [0.4, 0.5) is 0 Å². The molecule has 172 valence electrons. The van der Waals surface area contributed by atoms with Gasteiger partial charge in [-0.1, -0.05) is 30.3 Å². The Morgan fingerprint density at radius 2 is 1.97 bits per heavy atom. The summed E-state index contributed by atoms with van der Waals surface area (Å²) in [5.41, 5.74) is 2.92. The largest absolute Gasteiger partial charge is 0.486 e. The molecule has 2 aliphatic heterocycles. The topological polar surface area (TPSA) is 72.3 Å². The third-order valence-corrected chi connectivity index (χ3v) is 6.64. The molecule has 3 aromatic rings. The Kier molecular flexibility index (Phi) is 6.67. The van der Waals surface area contributed by atoms with Gasteiger partial charge < -0.3 is 10.1 Å². The van der Waals surface area contributed by atoms with Crippen molar-refractivity contribution in [2.75, 3.05) is 19.6 Å². The van der Waals surface area contributed by atoms with Gasteiger partial charge in [-0.3, -0.25) is 19.4 Å².